The minimum absolute atomic E-state index is 0.146. The van der Waals surface area contributed by atoms with E-state index in [4.69, 9.17) is 0 Å². The maximum absolute atomic E-state index is 13.4. The quantitative estimate of drug-likeness (QED) is 0.749. The third kappa shape index (κ3) is 5.96. The van der Waals surface area contributed by atoms with E-state index in [2.05, 4.69) is 47.4 Å². The molecule has 0 bridgehead atoms. The van der Waals surface area contributed by atoms with Gasteiger partial charge in [-0.3, -0.25) is 9.69 Å². The number of aliphatic hydroxyl groups is 1. The minimum Gasteiger partial charge on any atom is -0.392 e. The first-order valence-corrected chi connectivity index (χ1v) is 12.0. The monoisotopic (exact) mass is 420 g/mol. The van der Waals surface area contributed by atoms with Crippen molar-refractivity contribution < 1.29 is 9.90 Å². The second-order valence-electron chi connectivity index (χ2n) is 9.31. The molecule has 166 valence electrons. The van der Waals surface area contributed by atoms with Crippen LogP contribution in [0.4, 0.5) is 0 Å². The van der Waals surface area contributed by atoms with Crippen molar-refractivity contribution in [2.24, 2.45) is 11.8 Å². The zero-order chi connectivity index (χ0) is 21.5. The fourth-order valence-corrected chi connectivity index (χ4v) is 5.26. The smallest absolute Gasteiger partial charge is 0.228 e. The molecule has 4 rings (SSSR count). The van der Waals surface area contributed by atoms with Crippen molar-refractivity contribution in [2.75, 3.05) is 19.6 Å². The lowest BCUT2D eigenvalue weighted by atomic mass is 9.84. The molecule has 2 aliphatic rings. The van der Waals surface area contributed by atoms with Gasteiger partial charge in [0.25, 0.3) is 0 Å². The lowest BCUT2D eigenvalue weighted by Gasteiger charge is -2.33. The summed E-state index contributed by atoms with van der Waals surface area (Å²) in [6, 6.07) is 20.8. The first kappa shape index (κ1) is 22.0. The van der Waals surface area contributed by atoms with E-state index in [0.717, 1.165) is 70.3 Å². The molecule has 0 radical (unpaired) electrons. The first-order valence-electron chi connectivity index (χ1n) is 12.0. The Hall–Kier alpha value is -2.17. The molecule has 4 nitrogen and oxygen atoms in total. The van der Waals surface area contributed by atoms with Gasteiger partial charge in [-0.25, -0.2) is 0 Å². The van der Waals surface area contributed by atoms with E-state index in [-0.39, 0.29) is 17.7 Å². The van der Waals surface area contributed by atoms with Gasteiger partial charge in [0, 0.05) is 26.2 Å². The van der Waals surface area contributed by atoms with Gasteiger partial charge in [-0.1, -0.05) is 73.5 Å². The third-order valence-electron chi connectivity index (χ3n) is 6.97. The van der Waals surface area contributed by atoms with E-state index >= 15 is 0 Å². The van der Waals surface area contributed by atoms with Crippen molar-refractivity contribution in [1.82, 2.24) is 9.80 Å². The Balaban J connectivity index is 1.43. The van der Waals surface area contributed by atoms with Gasteiger partial charge in [0.05, 0.1) is 12.0 Å². The standard InChI is InChI=1S/C27H36N2O2/c30-26(24-15-7-9-17-28(21-24)19-22-11-3-1-4-12-22)25-16-8-10-18-29(27(25)31)20-23-13-5-2-6-14-23/h1-6,11-14,24-26,30H,7-10,15-21H2. The van der Waals surface area contributed by atoms with Gasteiger partial charge in [-0.15, -0.1) is 0 Å². The van der Waals surface area contributed by atoms with Gasteiger partial charge in [0.15, 0.2) is 0 Å². The molecule has 2 saturated heterocycles. The van der Waals surface area contributed by atoms with Gasteiger partial charge >= 0.3 is 0 Å². The maximum Gasteiger partial charge on any atom is 0.228 e. The summed E-state index contributed by atoms with van der Waals surface area (Å²) in [4.78, 5) is 17.9. The average Bonchev–Trinajstić information content (AvgIpc) is 3.14. The van der Waals surface area contributed by atoms with E-state index in [1.54, 1.807) is 0 Å². The number of carbonyl (C=O) groups is 1. The topological polar surface area (TPSA) is 43.8 Å². The number of likely N-dealkylation sites (tertiary alicyclic amines) is 2. The summed E-state index contributed by atoms with van der Waals surface area (Å²) >= 11 is 0. The van der Waals surface area contributed by atoms with Crippen LogP contribution in [0.3, 0.4) is 0 Å². The molecule has 2 aromatic carbocycles. The highest BCUT2D eigenvalue weighted by Crippen LogP contribution is 2.30. The van der Waals surface area contributed by atoms with Crippen LogP contribution in [0.1, 0.15) is 49.7 Å². The van der Waals surface area contributed by atoms with Crippen LogP contribution in [0.5, 0.6) is 0 Å². The minimum atomic E-state index is -0.555. The molecule has 2 aliphatic heterocycles. The Morgan fingerprint density at radius 1 is 0.806 bits per heavy atom. The van der Waals surface area contributed by atoms with Gasteiger partial charge in [-0.2, -0.15) is 0 Å². The molecule has 2 heterocycles. The number of carbonyl (C=O) groups excluding carboxylic acids is 1. The summed E-state index contributed by atoms with van der Waals surface area (Å²) in [5.74, 6) is 0.0393. The summed E-state index contributed by atoms with van der Waals surface area (Å²) in [5, 5.41) is 11.4. The van der Waals surface area contributed by atoms with E-state index in [0.29, 0.717) is 6.54 Å². The normalized spacial score (nSPS) is 24.4. The molecule has 2 aromatic rings. The van der Waals surface area contributed by atoms with Crippen LogP contribution >= 0.6 is 0 Å². The van der Waals surface area contributed by atoms with Crippen molar-refractivity contribution in [3.05, 3.63) is 71.8 Å². The van der Waals surface area contributed by atoms with E-state index in [1.807, 2.05) is 23.1 Å². The molecule has 1 N–H and O–H groups in total. The maximum atomic E-state index is 13.4. The fraction of sp³-hybridized carbons (Fsp3) is 0.519. The third-order valence-corrected chi connectivity index (χ3v) is 6.97. The number of hydrogen-bond acceptors (Lipinski definition) is 3. The van der Waals surface area contributed by atoms with E-state index < -0.39 is 6.10 Å². The van der Waals surface area contributed by atoms with E-state index in [9.17, 15) is 9.90 Å². The Morgan fingerprint density at radius 2 is 1.42 bits per heavy atom. The molecule has 31 heavy (non-hydrogen) atoms. The van der Waals surface area contributed by atoms with Gasteiger partial charge in [-0.05, 0) is 49.3 Å². The van der Waals surface area contributed by atoms with Gasteiger partial charge in [0.2, 0.25) is 5.91 Å². The zero-order valence-electron chi connectivity index (χ0n) is 18.5. The molecular formula is C27H36N2O2. The van der Waals surface area contributed by atoms with Crippen LogP contribution < -0.4 is 0 Å². The average molecular weight is 421 g/mol. The first-order chi connectivity index (χ1) is 15.2. The second-order valence-corrected chi connectivity index (χ2v) is 9.31. The fourth-order valence-electron chi connectivity index (χ4n) is 5.26. The van der Waals surface area contributed by atoms with Crippen LogP contribution in [0.25, 0.3) is 0 Å². The van der Waals surface area contributed by atoms with Crippen LogP contribution in [0, 0.1) is 11.8 Å². The number of benzene rings is 2. The van der Waals surface area contributed by atoms with Crippen molar-refractivity contribution in [3.8, 4) is 0 Å². The second kappa shape index (κ2) is 10.9. The van der Waals surface area contributed by atoms with Crippen LogP contribution in [-0.4, -0.2) is 46.6 Å². The van der Waals surface area contributed by atoms with Crippen LogP contribution in [-0.2, 0) is 17.9 Å². The van der Waals surface area contributed by atoms with Gasteiger partial charge in [0.1, 0.15) is 0 Å². The Kier molecular flexibility index (Phi) is 7.76. The summed E-state index contributed by atoms with van der Waals surface area (Å²) < 4.78 is 0. The number of aliphatic hydroxyl groups excluding tert-OH is 1. The number of hydrogen-bond donors (Lipinski definition) is 1. The highest BCUT2D eigenvalue weighted by molar-refractivity contribution is 5.79. The SMILES string of the molecule is O=C1C(C(O)C2CCCCN(Cc3ccccc3)C2)CCCCN1Cc1ccccc1. The molecular weight excluding hydrogens is 384 g/mol. The van der Waals surface area contributed by atoms with Crippen molar-refractivity contribution in [3.63, 3.8) is 0 Å². The van der Waals surface area contributed by atoms with E-state index in [1.165, 1.54) is 5.56 Å². The molecule has 3 atom stereocenters. The molecule has 4 heteroatoms. The zero-order valence-corrected chi connectivity index (χ0v) is 18.5. The predicted molar refractivity (Wildman–Crippen MR) is 124 cm³/mol. The highest BCUT2D eigenvalue weighted by Gasteiger charge is 2.37. The molecule has 0 saturated carbocycles. The largest absolute Gasteiger partial charge is 0.392 e. The lowest BCUT2D eigenvalue weighted by Crippen LogP contribution is -2.44. The van der Waals surface area contributed by atoms with Crippen molar-refractivity contribution >= 4 is 5.91 Å². The molecule has 1 amide bonds. The van der Waals surface area contributed by atoms with Crippen molar-refractivity contribution in [1.29, 1.82) is 0 Å². The van der Waals surface area contributed by atoms with Crippen LogP contribution in [0.2, 0.25) is 0 Å². The molecule has 3 unspecified atom stereocenters. The van der Waals surface area contributed by atoms with Crippen LogP contribution in [0.15, 0.2) is 60.7 Å². The molecule has 0 aromatic heterocycles. The Labute approximate surface area is 186 Å². The summed E-state index contributed by atoms with van der Waals surface area (Å²) in [7, 11) is 0. The summed E-state index contributed by atoms with van der Waals surface area (Å²) in [6.45, 7) is 4.30. The number of rotatable bonds is 6. The predicted octanol–water partition coefficient (Wildman–Crippen LogP) is 4.48. The van der Waals surface area contributed by atoms with Gasteiger partial charge < -0.3 is 10.0 Å². The highest BCUT2D eigenvalue weighted by atomic mass is 16.3. The summed E-state index contributed by atoms with van der Waals surface area (Å²) in [6.07, 6.45) is 5.58. The Morgan fingerprint density at radius 3 is 2.13 bits per heavy atom. The lowest BCUT2D eigenvalue weighted by molar-refractivity contribution is -0.141. The molecule has 2 fully saturated rings. The van der Waals surface area contributed by atoms with Crippen molar-refractivity contribution in [2.45, 2.75) is 57.7 Å². The molecule has 0 aliphatic carbocycles. The summed E-state index contributed by atoms with van der Waals surface area (Å²) in [5.41, 5.74) is 2.48. The molecule has 0 spiro atoms. The Bertz CT molecular complexity index is 811. The number of amides is 1. The number of nitrogens with zero attached hydrogens (tertiary/aromatic N) is 2.